The number of rotatable bonds is 6. The van der Waals surface area contributed by atoms with E-state index in [0.29, 0.717) is 19.4 Å². The zero-order chi connectivity index (χ0) is 12.8. The number of hydrogen-bond donors (Lipinski definition) is 2. The first kappa shape index (κ1) is 14.0. The van der Waals surface area contributed by atoms with E-state index in [-0.39, 0.29) is 11.9 Å². The lowest BCUT2D eigenvalue weighted by atomic mass is 10.0. The summed E-state index contributed by atoms with van der Waals surface area (Å²) in [6.45, 7) is 2.65. The van der Waals surface area contributed by atoms with Crippen LogP contribution in [0.25, 0.3) is 0 Å². The predicted molar refractivity (Wildman–Crippen MR) is 64.7 cm³/mol. The summed E-state index contributed by atoms with van der Waals surface area (Å²) in [5, 5.41) is 12.3. The predicted octanol–water partition coefficient (Wildman–Crippen LogP) is 0.840. The molecular weight excluding hydrogens is 220 g/mol. The Morgan fingerprint density at radius 1 is 1.65 bits per heavy atom. The molecule has 0 bridgehead atoms. The number of unbranched alkanes of at least 4 members (excludes halogenated alkanes) is 1. The van der Waals surface area contributed by atoms with E-state index in [1.807, 2.05) is 6.92 Å². The lowest BCUT2D eigenvalue weighted by molar-refractivity contribution is -0.140. The van der Waals surface area contributed by atoms with Gasteiger partial charge in [-0.3, -0.25) is 14.9 Å². The Kier molecular flexibility index (Phi) is 5.41. The van der Waals surface area contributed by atoms with Crippen LogP contribution < -0.4 is 5.32 Å². The third kappa shape index (κ3) is 4.34. The first-order chi connectivity index (χ1) is 8.04. The van der Waals surface area contributed by atoms with Gasteiger partial charge in [0.2, 0.25) is 5.91 Å². The fourth-order valence-corrected chi connectivity index (χ4v) is 2.12. The first-order valence-electron chi connectivity index (χ1n) is 6.27. The maximum absolute atomic E-state index is 11.3. The largest absolute Gasteiger partial charge is 0.480 e. The molecular formula is C12H22N2O3. The highest BCUT2D eigenvalue weighted by Gasteiger charge is 2.26. The maximum Gasteiger partial charge on any atom is 0.320 e. The van der Waals surface area contributed by atoms with E-state index in [0.717, 1.165) is 19.3 Å². The number of likely N-dealkylation sites (N-methyl/N-ethyl adjacent to an activating group) is 1. The molecule has 2 N–H and O–H groups in total. The number of carbonyl (C=O) groups is 2. The summed E-state index contributed by atoms with van der Waals surface area (Å²) in [4.78, 5) is 24.1. The van der Waals surface area contributed by atoms with Gasteiger partial charge in [-0.2, -0.15) is 0 Å². The average Bonchev–Trinajstić information content (AvgIpc) is 2.28. The van der Waals surface area contributed by atoms with Crippen LogP contribution in [0.2, 0.25) is 0 Å². The van der Waals surface area contributed by atoms with Crippen LogP contribution >= 0.6 is 0 Å². The van der Waals surface area contributed by atoms with Crippen molar-refractivity contribution >= 4 is 11.9 Å². The molecule has 0 aliphatic carbocycles. The normalized spacial score (nSPS) is 22.6. The molecule has 0 aromatic rings. The Balaban J connectivity index is 2.44. The molecule has 1 amide bonds. The number of piperidine rings is 1. The van der Waals surface area contributed by atoms with Gasteiger partial charge < -0.3 is 10.0 Å². The molecule has 1 aliphatic heterocycles. The number of carbonyl (C=O) groups excluding carboxylic acids is 1. The fourth-order valence-electron chi connectivity index (χ4n) is 2.12. The number of aliphatic carboxylic acids is 1. The zero-order valence-corrected chi connectivity index (χ0v) is 10.6. The van der Waals surface area contributed by atoms with Gasteiger partial charge in [0.25, 0.3) is 0 Å². The molecule has 0 aromatic heterocycles. The topological polar surface area (TPSA) is 69.6 Å². The first-order valence-corrected chi connectivity index (χ1v) is 6.27. The highest BCUT2D eigenvalue weighted by atomic mass is 16.4. The van der Waals surface area contributed by atoms with Crippen LogP contribution in [-0.2, 0) is 9.59 Å². The molecule has 1 fully saturated rings. The minimum Gasteiger partial charge on any atom is -0.480 e. The van der Waals surface area contributed by atoms with Crippen LogP contribution in [0.1, 0.15) is 39.0 Å². The minimum atomic E-state index is -0.794. The third-order valence-electron chi connectivity index (χ3n) is 3.21. The van der Waals surface area contributed by atoms with Crippen molar-refractivity contribution in [1.29, 1.82) is 0 Å². The number of amides is 1. The standard InChI is InChI=1S/C12H22N2O3/c1-3-4-5-10(12(16)17)13-9-6-7-11(15)14(2)8-9/h9-10,13H,3-8H2,1-2H3,(H,16,17). The van der Waals surface area contributed by atoms with Gasteiger partial charge in [0, 0.05) is 26.1 Å². The lowest BCUT2D eigenvalue weighted by Gasteiger charge is -2.32. The highest BCUT2D eigenvalue weighted by Crippen LogP contribution is 2.12. The molecule has 5 nitrogen and oxygen atoms in total. The van der Waals surface area contributed by atoms with Crippen molar-refractivity contribution in [2.75, 3.05) is 13.6 Å². The van der Waals surface area contributed by atoms with E-state index in [9.17, 15) is 9.59 Å². The summed E-state index contributed by atoms with van der Waals surface area (Å²) in [6.07, 6.45) is 3.80. The van der Waals surface area contributed by atoms with E-state index < -0.39 is 12.0 Å². The van der Waals surface area contributed by atoms with Crippen LogP contribution in [-0.4, -0.2) is 47.6 Å². The Labute approximate surface area is 102 Å². The molecule has 1 heterocycles. The summed E-state index contributed by atoms with van der Waals surface area (Å²) in [5.74, 6) is -0.651. The lowest BCUT2D eigenvalue weighted by Crippen LogP contribution is -2.51. The van der Waals surface area contributed by atoms with Gasteiger partial charge in [-0.25, -0.2) is 0 Å². The number of carboxylic acids is 1. The number of likely N-dealkylation sites (tertiary alicyclic amines) is 1. The molecule has 0 spiro atoms. The van der Waals surface area contributed by atoms with Crippen LogP contribution in [0.5, 0.6) is 0 Å². The molecule has 5 heteroatoms. The molecule has 0 saturated carbocycles. The van der Waals surface area contributed by atoms with E-state index in [1.54, 1.807) is 11.9 Å². The van der Waals surface area contributed by atoms with Crippen molar-refractivity contribution in [3.63, 3.8) is 0 Å². The Morgan fingerprint density at radius 3 is 2.88 bits per heavy atom. The second kappa shape index (κ2) is 6.59. The SMILES string of the molecule is CCCCC(NC1CCC(=O)N(C)C1)C(=O)O. The second-order valence-electron chi connectivity index (χ2n) is 4.71. The van der Waals surface area contributed by atoms with Gasteiger partial charge in [-0.05, 0) is 12.8 Å². The van der Waals surface area contributed by atoms with Gasteiger partial charge in [0.05, 0.1) is 0 Å². The van der Waals surface area contributed by atoms with Crippen LogP contribution in [0, 0.1) is 0 Å². The van der Waals surface area contributed by atoms with Gasteiger partial charge in [0.15, 0.2) is 0 Å². The Bertz CT molecular complexity index is 281. The molecule has 17 heavy (non-hydrogen) atoms. The van der Waals surface area contributed by atoms with Crippen molar-refractivity contribution in [2.24, 2.45) is 0 Å². The van der Waals surface area contributed by atoms with Gasteiger partial charge in [-0.15, -0.1) is 0 Å². The van der Waals surface area contributed by atoms with Gasteiger partial charge >= 0.3 is 5.97 Å². The van der Waals surface area contributed by atoms with Gasteiger partial charge in [-0.1, -0.05) is 19.8 Å². The molecule has 1 saturated heterocycles. The molecule has 1 rings (SSSR count). The van der Waals surface area contributed by atoms with Gasteiger partial charge in [0.1, 0.15) is 6.04 Å². The molecule has 98 valence electrons. The smallest absolute Gasteiger partial charge is 0.320 e. The summed E-state index contributed by atoms with van der Waals surface area (Å²) < 4.78 is 0. The minimum absolute atomic E-state index is 0.107. The summed E-state index contributed by atoms with van der Waals surface area (Å²) in [7, 11) is 1.76. The molecule has 0 aromatic carbocycles. The number of carboxylic acid groups (broad SMARTS) is 1. The highest BCUT2D eigenvalue weighted by molar-refractivity contribution is 5.77. The number of nitrogens with zero attached hydrogens (tertiary/aromatic N) is 1. The van der Waals surface area contributed by atoms with Crippen molar-refractivity contribution in [2.45, 2.75) is 51.1 Å². The molecule has 1 aliphatic rings. The van der Waals surface area contributed by atoms with Crippen molar-refractivity contribution in [3.05, 3.63) is 0 Å². The van der Waals surface area contributed by atoms with E-state index in [4.69, 9.17) is 5.11 Å². The monoisotopic (exact) mass is 242 g/mol. The van der Waals surface area contributed by atoms with Crippen molar-refractivity contribution < 1.29 is 14.7 Å². The zero-order valence-electron chi connectivity index (χ0n) is 10.6. The van der Waals surface area contributed by atoms with Crippen molar-refractivity contribution in [1.82, 2.24) is 10.2 Å². The fraction of sp³-hybridized carbons (Fsp3) is 0.833. The molecule has 0 radical (unpaired) electrons. The van der Waals surface area contributed by atoms with Crippen LogP contribution in [0.3, 0.4) is 0 Å². The van der Waals surface area contributed by atoms with E-state index in [1.165, 1.54) is 0 Å². The van der Waals surface area contributed by atoms with Crippen LogP contribution in [0.4, 0.5) is 0 Å². The average molecular weight is 242 g/mol. The molecule has 2 atom stereocenters. The quantitative estimate of drug-likeness (QED) is 0.724. The summed E-state index contributed by atoms with van der Waals surface area (Å²) in [6, 6.07) is -0.378. The second-order valence-corrected chi connectivity index (χ2v) is 4.71. The third-order valence-corrected chi connectivity index (χ3v) is 3.21. The Hall–Kier alpha value is -1.10. The van der Waals surface area contributed by atoms with E-state index in [2.05, 4.69) is 5.32 Å². The molecule has 2 unspecified atom stereocenters. The number of hydrogen-bond acceptors (Lipinski definition) is 3. The number of nitrogens with one attached hydrogen (secondary N) is 1. The maximum atomic E-state index is 11.3. The van der Waals surface area contributed by atoms with Crippen LogP contribution in [0.15, 0.2) is 0 Å². The summed E-state index contributed by atoms with van der Waals surface area (Å²) >= 11 is 0. The Morgan fingerprint density at radius 2 is 2.35 bits per heavy atom. The van der Waals surface area contributed by atoms with Crippen molar-refractivity contribution in [3.8, 4) is 0 Å². The van der Waals surface area contributed by atoms with E-state index >= 15 is 0 Å². The summed E-state index contributed by atoms with van der Waals surface area (Å²) in [5.41, 5.74) is 0.